The van der Waals surface area contributed by atoms with Gasteiger partial charge < -0.3 is 14.0 Å². The van der Waals surface area contributed by atoms with Gasteiger partial charge in [0.1, 0.15) is 18.1 Å². The predicted molar refractivity (Wildman–Crippen MR) is 107 cm³/mol. The van der Waals surface area contributed by atoms with Gasteiger partial charge in [-0.15, -0.1) is 10.2 Å². The molecule has 0 saturated carbocycles. The summed E-state index contributed by atoms with van der Waals surface area (Å²) >= 11 is 11.2. The normalized spacial score (nSPS) is 10.8. The van der Waals surface area contributed by atoms with Crippen LogP contribution in [0.1, 0.15) is 11.4 Å². The van der Waals surface area contributed by atoms with E-state index >= 15 is 0 Å². The van der Waals surface area contributed by atoms with Crippen molar-refractivity contribution in [2.45, 2.75) is 17.5 Å². The Balaban J connectivity index is 1.62. The second kappa shape index (κ2) is 8.79. The van der Waals surface area contributed by atoms with Gasteiger partial charge in [-0.25, -0.2) is 0 Å². The molecule has 0 radical (unpaired) electrons. The maximum atomic E-state index is 6.10. The smallest absolute Gasteiger partial charge is 0.191 e. The summed E-state index contributed by atoms with van der Waals surface area (Å²) in [4.78, 5) is 0. The van der Waals surface area contributed by atoms with E-state index in [0.29, 0.717) is 17.4 Å². The first-order valence-electron chi connectivity index (χ1n) is 7.79. The van der Waals surface area contributed by atoms with Crippen molar-refractivity contribution in [3.8, 4) is 11.5 Å². The second-order valence-corrected chi connectivity index (χ2v) is 7.64. The number of thioether (sulfide) groups is 1. The van der Waals surface area contributed by atoms with E-state index in [2.05, 4.69) is 26.1 Å². The van der Waals surface area contributed by atoms with Crippen LogP contribution in [0.4, 0.5) is 0 Å². The van der Waals surface area contributed by atoms with Crippen LogP contribution in [-0.2, 0) is 19.4 Å². The Morgan fingerprint density at radius 3 is 2.69 bits per heavy atom. The molecule has 0 aliphatic rings. The van der Waals surface area contributed by atoms with Crippen LogP contribution in [0, 0.1) is 0 Å². The number of nitrogens with zero attached hydrogens (tertiary/aromatic N) is 3. The van der Waals surface area contributed by atoms with Gasteiger partial charge in [0.05, 0.1) is 16.6 Å². The highest BCUT2D eigenvalue weighted by Crippen LogP contribution is 2.29. The molecule has 3 rings (SSSR count). The molecule has 8 heteroatoms. The van der Waals surface area contributed by atoms with Gasteiger partial charge in [0, 0.05) is 12.8 Å². The summed E-state index contributed by atoms with van der Waals surface area (Å²) in [6, 6.07) is 13.4. The summed E-state index contributed by atoms with van der Waals surface area (Å²) in [5.74, 6) is 2.97. The molecule has 0 bridgehead atoms. The number of hydrogen-bond acceptors (Lipinski definition) is 5. The van der Waals surface area contributed by atoms with Crippen LogP contribution in [0.15, 0.2) is 52.1 Å². The maximum Gasteiger partial charge on any atom is 0.191 e. The first kappa shape index (κ1) is 19.1. The number of hydrogen-bond donors (Lipinski definition) is 0. The largest absolute Gasteiger partial charge is 0.496 e. The van der Waals surface area contributed by atoms with Gasteiger partial charge in [-0.3, -0.25) is 0 Å². The van der Waals surface area contributed by atoms with Crippen molar-refractivity contribution in [2.75, 3.05) is 7.11 Å². The number of para-hydroxylation sites is 1. The van der Waals surface area contributed by atoms with E-state index in [-0.39, 0.29) is 0 Å². The third-order valence-corrected chi connectivity index (χ3v) is 5.73. The fourth-order valence-electron chi connectivity index (χ4n) is 2.25. The van der Waals surface area contributed by atoms with E-state index in [4.69, 9.17) is 21.1 Å². The summed E-state index contributed by atoms with van der Waals surface area (Å²) in [5.41, 5.74) is 1.17. The molecule has 0 N–H and O–H groups in total. The minimum absolute atomic E-state index is 0.307. The van der Waals surface area contributed by atoms with Gasteiger partial charge in [-0.1, -0.05) is 41.6 Å². The molecular formula is C18H17BrClN3O2S. The average Bonchev–Trinajstić information content (AvgIpc) is 2.99. The van der Waals surface area contributed by atoms with Crippen LogP contribution < -0.4 is 9.47 Å². The third kappa shape index (κ3) is 4.52. The lowest BCUT2D eigenvalue weighted by Crippen LogP contribution is -2.04. The van der Waals surface area contributed by atoms with Crippen molar-refractivity contribution in [3.63, 3.8) is 0 Å². The molecule has 0 spiro atoms. The zero-order valence-corrected chi connectivity index (χ0v) is 17.4. The number of methoxy groups -OCH3 is 1. The van der Waals surface area contributed by atoms with Crippen molar-refractivity contribution in [1.29, 1.82) is 0 Å². The second-order valence-electron chi connectivity index (χ2n) is 5.43. The summed E-state index contributed by atoms with van der Waals surface area (Å²) in [6.07, 6.45) is 0. The number of benzene rings is 2. The van der Waals surface area contributed by atoms with Crippen molar-refractivity contribution in [2.24, 2.45) is 7.05 Å². The van der Waals surface area contributed by atoms with Crippen molar-refractivity contribution >= 4 is 39.3 Å². The number of ether oxygens (including phenoxy) is 2. The predicted octanol–water partition coefficient (Wildman–Crippen LogP) is 5.11. The Labute approximate surface area is 169 Å². The topological polar surface area (TPSA) is 49.2 Å². The first-order valence-corrected chi connectivity index (χ1v) is 9.95. The van der Waals surface area contributed by atoms with Gasteiger partial charge in [0.25, 0.3) is 0 Å². The molecule has 136 valence electrons. The highest BCUT2D eigenvalue weighted by Gasteiger charge is 2.11. The molecule has 1 aromatic heterocycles. The molecule has 26 heavy (non-hydrogen) atoms. The fraction of sp³-hybridized carbons (Fsp3) is 0.222. The SMILES string of the molecule is COc1ccc(CSc2nnc(COc3ccccc3Cl)n2C)cc1Br. The van der Waals surface area contributed by atoms with Crippen LogP contribution in [0.5, 0.6) is 11.5 Å². The zero-order chi connectivity index (χ0) is 18.5. The Kier molecular flexibility index (Phi) is 6.45. The van der Waals surface area contributed by atoms with Gasteiger partial charge in [-0.2, -0.15) is 0 Å². The van der Waals surface area contributed by atoms with Gasteiger partial charge in [0.15, 0.2) is 11.0 Å². The van der Waals surface area contributed by atoms with Crippen molar-refractivity contribution in [3.05, 3.63) is 63.3 Å². The van der Waals surface area contributed by atoms with E-state index in [1.54, 1.807) is 24.9 Å². The van der Waals surface area contributed by atoms with Crippen LogP contribution in [0.25, 0.3) is 0 Å². The van der Waals surface area contributed by atoms with Crippen molar-refractivity contribution in [1.82, 2.24) is 14.8 Å². The maximum absolute atomic E-state index is 6.10. The highest BCUT2D eigenvalue weighted by atomic mass is 79.9. The fourth-order valence-corrected chi connectivity index (χ4v) is 3.90. The number of halogens is 2. The lowest BCUT2D eigenvalue weighted by Gasteiger charge is -2.08. The molecule has 0 aliphatic carbocycles. The van der Waals surface area contributed by atoms with Gasteiger partial charge in [-0.05, 0) is 45.8 Å². The summed E-state index contributed by atoms with van der Waals surface area (Å²) in [7, 11) is 3.58. The Morgan fingerprint density at radius 1 is 1.15 bits per heavy atom. The van der Waals surface area contributed by atoms with E-state index in [9.17, 15) is 0 Å². The molecule has 5 nitrogen and oxygen atoms in total. The minimum atomic E-state index is 0.307. The lowest BCUT2D eigenvalue weighted by atomic mass is 10.2. The van der Waals surface area contributed by atoms with E-state index in [1.165, 1.54) is 5.56 Å². The molecule has 0 amide bonds. The Bertz CT molecular complexity index is 904. The molecular weight excluding hydrogens is 438 g/mol. The monoisotopic (exact) mass is 453 g/mol. The molecule has 0 aliphatic heterocycles. The molecule has 0 fully saturated rings. The van der Waals surface area contributed by atoms with Gasteiger partial charge in [0.2, 0.25) is 0 Å². The number of aromatic nitrogens is 3. The summed E-state index contributed by atoms with van der Waals surface area (Å²) in [5, 5.41) is 9.87. The molecule has 2 aromatic carbocycles. The average molecular weight is 455 g/mol. The van der Waals surface area contributed by atoms with E-state index in [1.807, 2.05) is 48.0 Å². The van der Waals surface area contributed by atoms with Crippen LogP contribution in [-0.4, -0.2) is 21.9 Å². The Morgan fingerprint density at radius 2 is 1.96 bits per heavy atom. The third-order valence-electron chi connectivity index (χ3n) is 3.70. The summed E-state index contributed by atoms with van der Waals surface area (Å²) < 4.78 is 13.9. The zero-order valence-electron chi connectivity index (χ0n) is 14.3. The standard InChI is InChI=1S/C18H17BrClN3O2S/c1-23-17(10-25-16-6-4-3-5-14(16)20)21-22-18(23)26-11-12-7-8-15(24-2)13(19)9-12/h3-9H,10-11H2,1-2H3. The molecule has 0 saturated heterocycles. The molecule has 1 heterocycles. The van der Waals surface area contributed by atoms with E-state index in [0.717, 1.165) is 27.0 Å². The van der Waals surface area contributed by atoms with Crippen LogP contribution in [0.2, 0.25) is 5.02 Å². The van der Waals surface area contributed by atoms with Gasteiger partial charge >= 0.3 is 0 Å². The molecule has 0 atom stereocenters. The van der Waals surface area contributed by atoms with Crippen LogP contribution >= 0.6 is 39.3 Å². The summed E-state index contributed by atoms with van der Waals surface area (Å²) in [6.45, 7) is 0.307. The van der Waals surface area contributed by atoms with E-state index < -0.39 is 0 Å². The van der Waals surface area contributed by atoms with Crippen molar-refractivity contribution < 1.29 is 9.47 Å². The highest BCUT2D eigenvalue weighted by molar-refractivity contribution is 9.10. The lowest BCUT2D eigenvalue weighted by molar-refractivity contribution is 0.290. The molecule has 0 unspecified atom stereocenters. The Hall–Kier alpha value is -1.70. The van der Waals surface area contributed by atoms with Crippen LogP contribution in [0.3, 0.4) is 0 Å². The minimum Gasteiger partial charge on any atom is -0.496 e. The number of rotatable bonds is 7. The first-order chi connectivity index (χ1) is 12.6. The molecule has 3 aromatic rings. The quantitative estimate of drug-likeness (QED) is 0.464.